The molecule has 1 atom stereocenters. The molecule has 0 aliphatic carbocycles. The van der Waals surface area contributed by atoms with Crippen molar-refractivity contribution in [1.29, 1.82) is 0 Å². The highest BCUT2D eigenvalue weighted by molar-refractivity contribution is 5.94. The zero-order valence-electron chi connectivity index (χ0n) is 21.2. The summed E-state index contributed by atoms with van der Waals surface area (Å²) in [6.45, 7) is 9.55. The summed E-state index contributed by atoms with van der Waals surface area (Å²) in [7, 11) is 8.12. The minimum absolute atomic E-state index is 0.231. The third-order valence-corrected chi connectivity index (χ3v) is 5.63. The number of nitrogens with zero attached hydrogens (tertiary/aromatic N) is 6. The van der Waals surface area contributed by atoms with Crippen molar-refractivity contribution in [1.82, 2.24) is 19.8 Å². The van der Waals surface area contributed by atoms with Crippen LogP contribution in [0.1, 0.15) is 25.6 Å². The van der Waals surface area contributed by atoms with Crippen molar-refractivity contribution in [3.8, 4) is 0 Å². The Kier molecular flexibility index (Phi) is 9.36. The molecule has 0 amide bonds. The zero-order chi connectivity index (χ0) is 24.5. The van der Waals surface area contributed by atoms with Crippen LogP contribution >= 0.6 is 0 Å². The maximum absolute atomic E-state index is 6.04. The van der Waals surface area contributed by atoms with Crippen LogP contribution in [0.25, 0.3) is 17.0 Å². The van der Waals surface area contributed by atoms with E-state index in [0.29, 0.717) is 5.82 Å². The van der Waals surface area contributed by atoms with E-state index in [0.717, 1.165) is 67.3 Å². The summed E-state index contributed by atoms with van der Waals surface area (Å²) in [6.07, 6.45) is 9.97. The average Bonchev–Trinajstić information content (AvgIpc) is 3.28. The number of amidine groups is 1. The molecule has 0 bridgehead atoms. The number of anilines is 1. The molecule has 0 saturated carbocycles. The van der Waals surface area contributed by atoms with E-state index in [1.165, 1.54) is 0 Å². The molecule has 1 aliphatic heterocycles. The van der Waals surface area contributed by atoms with Gasteiger partial charge in [-0.15, -0.1) is 0 Å². The first-order valence-corrected chi connectivity index (χ1v) is 12.0. The van der Waals surface area contributed by atoms with E-state index in [9.17, 15) is 0 Å². The second-order valence-electron chi connectivity index (χ2n) is 8.89. The third-order valence-electron chi connectivity index (χ3n) is 5.63. The second-order valence-corrected chi connectivity index (χ2v) is 8.89. The van der Waals surface area contributed by atoms with Gasteiger partial charge in [-0.3, -0.25) is 0 Å². The number of likely N-dealkylation sites (tertiary alicyclic amines) is 1. The molecule has 1 aliphatic rings. The standard InChI is InChI=1S/C27H38N6O/c1-7-11-21(28-26(8-2)33-17-16-22(20-33)34-19-18-31(3)4)14-15-25-29-24-13-10-9-12-23(24)27(30-25)32(5)6/h8-15,22H,2,7,16-20H2,1,3-6H3/b15-14+,21-11+,28-26?. The molecular formula is C27H38N6O. The van der Waals surface area contributed by atoms with Gasteiger partial charge in [0, 0.05) is 39.1 Å². The van der Waals surface area contributed by atoms with E-state index in [1.54, 1.807) is 0 Å². The highest BCUT2D eigenvalue weighted by atomic mass is 16.5. The molecule has 2 heterocycles. The molecular weight excluding hydrogens is 424 g/mol. The Morgan fingerprint density at radius 3 is 2.74 bits per heavy atom. The number of fused-ring (bicyclic) bond motifs is 1. The lowest BCUT2D eigenvalue weighted by Crippen LogP contribution is -2.30. The van der Waals surface area contributed by atoms with Crippen LogP contribution < -0.4 is 4.90 Å². The summed E-state index contributed by atoms with van der Waals surface area (Å²) in [4.78, 5) is 20.8. The predicted molar refractivity (Wildman–Crippen MR) is 143 cm³/mol. The number of allylic oxidation sites excluding steroid dienone is 2. The maximum Gasteiger partial charge on any atom is 0.155 e. The molecule has 1 aromatic carbocycles. The number of likely N-dealkylation sites (N-methyl/N-ethyl adjacent to an activating group) is 1. The lowest BCUT2D eigenvalue weighted by atomic mass is 10.2. The molecule has 2 aromatic rings. The number of rotatable bonds is 10. The van der Waals surface area contributed by atoms with E-state index in [2.05, 4.69) is 49.5 Å². The highest BCUT2D eigenvalue weighted by Crippen LogP contribution is 2.23. The predicted octanol–water partition coefficient (Wildman–Crippen LogP) is 4.24. The first kappa shape index (κ1) is 25.6. The van der Waals surface area contributed by atoms with Crippen molar-refractivity contribution < 1.29 is 4.74 Å². The van der Waals surface area contributed by atoms with Gasteiger partial charge in [-0.05, 0) is 57.3 Å². The molecule has 7 nitrogen and oxygen atoms in total. The smallest absolute Gasteiger partial charge is 0.155 e. The van der Waals surface area contributed by atoms with Crippen LogP contribution in [0, 0.1) is 0 Å². The summed E-state index contributed by atoms with van der Waals surface area (Å²) in [5, 5.41) is 1.04. The van der Waals surface area contributed by atoms with Gasteiger partial charge in [0.05, 0.1) is 23.9 Å². The van der Waals surface area contributed by atoms with E-state index >= 15 is 0 Å². The fraction of sp³-hybridized carbons (Fsp3) is 0.444. The molecule has 1 fully saturated rings. The van der Waals surface area contributed by atoms with E-state index in [-0.39, 0.29) is 6.10 Å². The fourth-order valence-corrected chi connectivity index (χ4v) is 3.86. The minimum atomic E-state index is 0.231. The molecule has 7 heteroatoms. The van der Waals surface area contributed by atoms with Crippen molar-refractivity contribution in [2.75, 3.05) is 59.3 Å². The largest absolute Gasteiger partial charge is 0.375 e. The number of para-hydroxylation sites is 1. The van der Waals surface area contributed by atoms with E-state index in [4.69, 9.17) is 19.7 Å². The van der Waals surface area contributed by atoms with Crippen molar-refractivity contribution in [3.05, 3.63) is 60.6 Å². The third kappa shape index (κ3) is 6.98. The van der Waals surface area contributed by atoms with Crippen LogP contribution in [-0.4, -0.2) is 86.1 Å². The number of hydrogen-bond acceptors (Lipinski definition) is 6. The molecule has 0 radical (unpaired) electrons. The molecule has 3 rings (SSSR count). The Morgan fingerprint density at radius 1 is 1.24 bits per heavy atom. The Bertz CT molecular complexity index is 1060. The van der Waals surface area contributed by atoms with Crippen LogP contribution in [0.3, 0.4) is 0 Å². The SMILES string of the molecule is C=CC(=NC(/C=C/c1nc(N(C)C)c2ccccc2n1)=C/CC)N1CCC(OCCN(C)C)C1. The summed E-state index contributed by atoms with van der Waals surface area (Å²) >= 11 is 0. The Labute approximate surface area is 204 Å². The number of hydrogen-bond donors (Lipinski definition) is 0. The lowest BCUT2D eigenvalue weighted by Gasteiger charge is -2.19. The molecule has 1 unspecified atom stereocenters. The van der Waals surface area contributed by atoms with Gasteiger partial charge in [0.2, 0.25) is 0 Å². The second kappa shape index (κ2) is 12.4. The quantitative estimate of drug-likeness (QED) is 0.299. The topological polar surface area (TPSA) is 57.1 Å². The molecule has 1 saturated heterocycles. The molecule has 0 spiro atoms. The van der Waals surface area contributed by atoms with Crippen LogP contribution in [-0.2, 0) is 4.74 Å². The monoisotopic (exact) mass is 462 g/mol. The van der Waals surface area contributed by atoms with Crippen molar-refractivity contribution in [2.45, 2.75) is 25.9 Å². The number of aliphatic imine (C=N–C) groups is 1. The number of benzene rings is 1. The highest BCUT2D eigenvalue weighted by Gasteiger charge is 2.24. The summed E-state index contributed by atoms with van der Waals surface area (Å²) < 4.78 is 6.04. The van der Waals surface area contributed by atoms with Crippen LogP contribution in [0.15, 0.2) is 59.8 Å². The Balaban J connectivity index is 1.77. The molecule has 1 aromatic heterocycles. The van der Waals surface area contributed by atoms with Crippen molar-refractivity contribution in [2.24, 2.45) is 4.99 Å². The molecule has 182 valence electrons. The van der Waals surface area contributed by atoms with Gasteiger partial charge in [-0.2, -0.15) is 0 Å². The zero-order valence-corrected chi connectivity index (χ0v) is 21.2. The summed E-state index contributed by atoms with van der Waals surface area (Å²) in [5.41, 5.74) is 1.80. The fourth-order valence-electron chi connectivity index (χ4n) is 3.86. The van der Waals surface area contributed by atoms with Gasteiger partial charge >= 0.3 is 0 Å². The van der Waals surface area contributed by atoms with Crippen LogP contribution in [0.2, 0.25) is 0 Å². The van der Waals surface area contributed by atoms with Gasteiger partial charge in [-0.25, -0.2) is 15.0 Å². The summed E-state index contributed by atoms with van der Waals surface area (Å²) in [6, 6.07) is 8.08. The molecule has 0 N–H and O–H groups in total. The normalized spacial score (nSPS) is 17.4. The molecule has 34 heavy (non-hydrogen) atoms. The van der Waals surface area contributed by atoms with Gasteiger partial charge in [0.25, 0.3) is 0 Å². The van der Waals surface area contributed by atoms with E-state index < -0.39 is 0 Å². The number of ether oxygens (including phenoxy) is 1. The van der Waals surface area contributed by atoms with Gasteiger partial charge < -0.3 is 19.4 Å². The Hall–Kier alpha value is -3.03. The van der Waals surface area contributed by atoms with Crippen LogP contribution in [0.5, 0.6) is 0 Å². The van der Waals surface area contributed by atoms with E-state index in [1.807, 2.05) is 55.4 Å². The van der Waals surface area contributed by atoms with Crippen molar-refractivity contribution in [3.63, 3.8) is 0 Å². The van der Waals surface area contributed by atoms with Crippen LogP contribution in [0.4, 0.5) is 5.82 Å². The summed E-state index contributed by atoms with van der Waals surface area (Å²) in [5.74, 6) is 2.44. The maximum atomic E-state index is 6.04. The average molecular weight is 463 g/mol. The minimum Gasteiger partial charge on any atom is -0.375 e. The lowest BCUT2D eigenvalue weighted by molar-refractivity contribution is 0.0534. The van der Waals surface area contributed by atoms with Gasteiger partial charge in [0.15, 0.2) is 5.82 Å². The Morgan fingerprint density at radius 2 is 2.03 bits per heavy atom. The first-order chi connectivity index (χ1) is 16.4. The number of aromatic nitrogens is 2. The van der Waals surface area contributed by atoms with Gasteiger partial charge in [0.1, 0.15) is 11.7 Å². The first-order valence-electron chi connectivity index (χ1n) is 12.0. The van der Waals surface area contributed by atoms with Gasteiger partial charge in [-0.1, -0.05) is 31.7 Å². The van der Waals surface area contributed by atoms with Crippen molar-refractivity contribution >= 4 is 28.6 Å².